The highest BCUT2D eigenvalue weighted by Gasteiger charge is 2.14. The van der Waals surface area contributed by atoms with Crippen LogP contribution in [-0.4, -0.2) is 57.0 Å². The number of piperidine rings is 1. The van der Waals surface area contributed by atoms with E-state index in [-0.39, 0.29) is 18.2 Å². The van der Waals surface area contributed by atoms with Crippen LogP contribution in [0.4, 0.5) is 0 Å². The molecule has 2 N–H and O–H groups in total. The van der Waals surface area contributed by atoms with Crippen LogP contribution in [0, 0.1) is 0 Å². The van der Waals surface area contributed by atoms with E-state index < -0.39 is 9.84 Å². The lowest BCUT2D eigenvalue weighted by Gasteiger charge is -2.21. The first kappa shape index (κ1) is 14.8. The maximum Gasteiger partial charge on any atom is 0.230 e. The van der Waals surface area contributed by atoms with Crippen molar-refractivity contribution in [3.05, 3.63) is 0 Å². The molecule has 0 aliphatic carbocycles. The fourth-order valence-corrected chi connectivity index (χ4v) is 3.11. The van der Waals surface area contributed by atoms with Crippen molar-refractivity contribution < 1.29 is 13.2 Å². The zero-order valence-corrected chi connectivity index (χ0v) is 11.7. The molecule has 1 rings (SSSR count). The fraction of sp³-hybridized carbons (Fsp3) is 0.900. The Morgan fingerprint density at radius 1 is 1.41 bits per heavy atom. The van der Waals surface area contributed by atoms with E-state index in [0.29, 0.717) is 11.0 Å². The zero-order chi connectivity index (χ0) is 12.7. The molecule has 0 aromatic carbocycles. The van der Waals surface area contributed by atoms with Crippen LogP contribution in [0.5, 0.6) is 0 Å². The van der Waals surface area contributed by atoms with Crippen LogP contribution in [-0.2, 0) is 14.6 Å². The van der Waals surface area contributed by atoms with Gasteiger partial charge in [-0.1, -0.05) is 0 Å². The van der Waals surface area contributed by atoms with E-state index in [2.05, 4.69) is 10.6 Å². The van der Waals surface area contributed by atoms with Gasteiger partial charge < -0.3 is 10.6 Å². The molecule has 0 atom stereocenters. The van der Waals surface area contributed by atoms with Crippen molar-refractivity contribution in [2.24, 2.45) is 0 Å². The monoisotopic (exact) mass is 280 g/mol. The van der Waals surface area contributed by atoms with Gasteiger partial charge in [0.05, 0.1) is 11.5 Å². The Labute approximate surface area is 107 Å². The van der Waals surface area contributed by atoms with Crippen LogP contribution in [0.2, 0.25) is 0 Å². The van der Waals surface area contributed by atoms with Crippen molar-refractivity contribution in [2.75, 3.05) is 37.4 Å². The Balaban J connectivity index is 2.08. The van der Waals surface area contributed by atoms with Crippen molar-refractivity contribution in [2.45, 2.75) is 18.1 Å². The van der Waals surface area contributed by atoms with Gasteiger partial charge in [0.2, 0.25) is 5.91 Å². The summed E-state index contributed by atoms with van der Waals surface area (Å²) in [5.74, 6) is 0.364. The minimum absolute atomic E-state index is 0.0107. The van der Waals surface area contributed by atoms with Crippen LogP contribution < -0.4 is 10.6 Å². The van der Waals surface area contributed by atoms with Gasteiger partial charge in [-0.05, 0) is 25.9 Å². The second-order valence-corrected chi connectivity index (χ2v) is 7.79. The highest BCUT2D eigenvalue weighted by atomic mass is 32.2. The molecule has 1 saturated heterocycles. The molecule has 7 heteroatoms. The number of rotatable bonds is 6. The molecule has 100 valence electrons. The van der Waals surface area contributed by atoms with Crippen LogP contribution in [0.15, 0.2) is 0 Å². The summed E-state index contributed by atoms with van der Waals surface area (Å²) in [7, 11) is -2.98. The summed E-state index contributed by atoms with van der Waals surface area (Å²) < 4.78 is 21.7. The Hall–Kier alpha value is -0.270. The van der Waals surface area contributed by atoms with E-state index in [1.54, 1.807) is 11.8 Å². The number of carbonyl (C=O) groups excluding carboxylic acids is 1. The number of hydrogen-bond donors (Lipinski definition) is 2. The number of carbonyl (C=O) groups is 1. The molecule has 0 bridgehead atoms. The van der Waals surface area contributed by atoms with Crippen molar-refractivity contribution in [1.82, 2.24) is 10.6 Å². The Kier molecular flexibility index (Phi) is 6.29. The number of amides is 1. The summed E-state index contributed by atoms with van der Waals surface area (Å²) in [5.41, 5.74) is 0. The molecule has 5 nitrogen and oxygen atoms in total. The minimum atomic E-state index is -2.98. The molecular weight excluding hydrogens is 260 g/mol. The summed E-state index contributed by atoms with van der Waals surface area (Å²) >= 11 is 1.66. The summed E-state index contributed by atoms with van der Waals surface area (Å²) in [6.07, 6.45) is 3.37. The highest BCUT2D eigenvalue weighted by Crippen LogP contribution is 2.19. The first-order valence-corrected chi connectivity index (χ1v) is 8.85. The van der Waals surface area contributed by atoms with Gasteiger partial charge in [0.15, 0.2) is 0 Å². The molecule has 0 unspecified atom stereocenters. The van der Waals surface area contributed by atoms with Crippen molar-refractivity contribution >= 4 is 27.5 Å². The second-order valence-electron chi connectivity index (χ2n) is 4.24. The fourth-order valence-electron chi connectivity index (χ4n) is 1.58. The molecule has 1 fully saturated rings. The Bertz CT molecular complexity index is 337. The molecule has 1 heterocycles. The zero-order valence-electron chi connectivity index (χ0n) is 10.1. The molecular formula is C10H20N2O3S2. The van der Waals surface area contributed by atoms with Gasteiger partial charge in [0.25, 0.3) is 0 Å². The average Bonchev–Trinajstić information content (AvgIpc) is 2.26. The number of sulfone groups is 1. The first-order chi connectivity index (χ1) is 7.97. The summed E-state index contributed by atoms with van der Waals surface area (Å²) in [6, 6.07) is 0. The second kappa shape index (κ2) is 7.23. The third-order valence-corrected chi connectivity index (χ3v) is 4.85. The molecule has 1 aliphatic rings. The molecule has 0 aromatic rings. The average molecular weight is 280 g/mol. The number of hydrogen-bond acceptors (Lipinski definition) is 5. The molecule has 17 heavy (non-hydrogen) atoms. The normalized spacial score (nSPS) is 17.9. The van der Waals surface area contributed by atoms with Crippen LogP contribution in [0.3, 0.4) is 0 Å². The Morgan fingerprint density at radius 3 is 2.65 bits per heavy atom. The van der Waals surface area contributed by atoms with Gasteiger partial charge in [-0.25, -0.2) is 8.42 Å². The van der Waals surface area contributed by atoms with Crippen LogP contribution in [0.1, 0.15) is 12.8 Å². The SMILES string of the molecule is CS(=O)(=O)CCNC(=O)CSC1CCNCC1. The van der Waals surface area contributed by atoms with Crippen LogP contribution in [0.25, 0.3) is 0 Å². The number of nitrogens with one attached hydrogen (secondary N) is 2. The standard InChI is InChI=1S/C10H20N2O3S2/c1-17(14,15)7-6-12-10(13)8-16-9-2-4-11-5-3-9/h9,11H,2-8H2,1H3,(H,12,13). The van der Waals surface area contributed by atoms with E-state index in [1.165, 1.54) is 6.26 Å². The summed E-state index contributed by atoms with van der Waals surface area (Å²) in [5, 5.41) is 6.45. The number of thioether (sulfide) groups is 1. The van der Waals surface area contributed by atoms with E-state index in [9.17, 15) is 13.2 Å². The van der Waals surface area contributed by atoms with E-state index in [1.807, 2.05) is 0 Å². The van der Waals surface area contributed by atoms with E-state index >= 15 is 0 Å². The lowest BCUT2D eigenvalue weighted by molar-refractivity contribution is -0.118. The topological polar surface area (TPSA) is 75.3 Å². The predicted molar refractivity (Wildman–Crippen MR) is 71.1 cm³/mol. The van der Waals surface area contributed by atoms with E-state index in [4.69, 9.17) is 0 Å². The Morgan fingerprint density at radius 2 is 2.06 bits per heavy atom. The summed E-state index contributed by atoms with van der Waals surface area (Å²) in [6.45, 7) is 2.26. The smallest absolute Gasteiger partial charge is 0.230 e. The molecule has 0 saturated carbocycles. The third-order valence-electron chi connectivity index (χ3n) is 2.53. The first-order valence-electron chi connectivity index (χ1n) is 5.74. The lowest BCUT2D eigenvalue weighted by Crippen LogP contribution is -2.33. The molecule has 1 amide bonds. The van der Waals surface area contributed by atoms with Gasteiger partial charge in [0, 0.05) is 18.1 Å². The quantitative estimate of drug-likeness (QED) is 0.694. The molecule has 1 aliphatic heterocycles. The minimum Gasteiger partial charge on any atom is -0.354 e. The van der Waals surface area contributed by atoms with Crippen molar-refractivity contribution in [3.8, 4) is 0 Å². The largest absolute Gasteiger partial charge is 0.354 e. The molecule has 0 aromatic heterocycles. The van der Waals surface area contributed by atoms with E-state index in [0.717, 1.165) is 25.9 Å². The maximum atomic E-state index is 11.4. The predicted octanol–water partition coefficient (Wildman–Crippen LogP) is -0.368. The van der Waals surface area contributed by atoms with Gasteiger partial charge in [-0.15, -0.1) is 11.8 Å². The van der Waals surface area contributed by atoms with Crippen molar-refractivity contribution in [1.29, 1.82) is 0 Å². The molecule has 0 radical (unpaired) electrons. The van der Waals surface area contributed by atoms with Gasteiger partial charge >= 0.3 is 0 Å². The molecule has 0 spiro atoms. The van der Waals surface area contributed by atoms with Gasteiger partial charge in [-0.2, -0.15) is 0 Å². The van der Waals surface area contributed by atoms with Crippen LogP contribution >= 0.6 is 11.8 Å². The van der Waals surface area contributed by atoms with Gasteiger partial charge in [0.1, 0.15) is 9.84 Å². The summed E-state index contributed by atoms with van der Waals surface area (Å²) in [4.78, 5) is 11.4. The third kappa shape index (κ3) is 7.62. The lowest BCUT2D eigenvalue weighted by atomic mass is 10.2. The van der Waals surface area contributed by atoms with Gasteiger partial charge in [-0.3, -0.25) is 4.79 Å². The maximum absolute atomic E-state index is 11.4. The highest BCUT2D eigenvalue weighted by molar-refractivity contribution is 8.00. The van der Waals surface area contributed by atoms with Crippen molar-refractivity contribution in [3.63, 3.8) is 0 Å².